The molecule has 3 aromatic rings. The second-order valence-corrected chi connectivity index (χ2v) is 23.9. The van der Waals surface area contributed by atoms with Gasteiger partial charge in [0.1, 0.15) is 11.6 Å². The molecule has 1 saturated carbocycles. The molecule has 424 valence electrons. The lowest BCUT2D eigenvalue weighted by Crippen LogP contribution is -2.27. The fraction of sp³-hybridized carbons (Fsp3) is 0.676. The van der Waals surface area contributed by atoms with E-state index in [1.54, 1.807) is 37.1 Å². The highest BCUT2D eigenvalue weighted by Gasteiger charge is 2.16. The van der Waals surface area contributed by atoms with Crippen molar-refractivity contribution in [2.75, 3.05) is 26.4 Å². The van der Waals surface area contributed by atoms with E-state index in [0.717, 1.165) is 73.1 Å². The molecular formula is C68H114F2O4. The zero-order valence-electron chi connectivity index (χ0n) is 50.8. The fourth-order valence-corrected chi connectivity index (χ4v) is 8.38. The first kappa shape index (κ1) is 68.9. The molecule has 4 nitrogen and oxygen atoms in total. The molecule has 6 aliphatic rings. The summed E-state index contributed by atoms with van der Waals surface area (Å²) in [6.45, 7) is 41.8. The molecule has 4 fully saturated rings. The second-order valence-electron chi connectivity index (χ2n) is 23.9. The minimum absolute atomic E-state index is 0. The van der Waals surface area contributed by atoms with Crippen LogP contribution in [0.25, 0.3) is 0 Å². The molecule has 3 saturated heterocycles. The van der Waals surface area contributed by atoms with Crippen LogP contribution >= 0.6 is 0 Å². The summed E-state index contributed by atoms with van der Waals surface area (Å²) in [4.78, 5) is 0. The lowest BCUT2D eigenvalue weighted by atomic mass is 9.84. The Bertz CT molecular complexity index is 1690. The Kier molecular flexibility index (Phi) is 37.3. The minimum Gasteiger partial charge on any atom is -0.378 e. The van der Waals surface area contributed by atoms with Crippen molar-refractivity contribution in [1.82, 2.24) is 0 Å². The summed E-state index contributed by atoms with van der Waals surface area (Å²) in [6.07, 6.45) is 25.0. The number of aryl methyl sites for hydroxylation is 6. The van der Waals surface area contributed by atoms with Gasteiger partial charge in [-0.1, -0.05) is 157 Å². The van der Waals surface area contributed by atoms with Crippen LogP contribution in [-0.4, -0.2) is 44.9 Å². The average molecular weight is 1030 g/mol. The van der Waals surface area contributed by atoms with Gasteiger partial charge in [0.25, 0.3) is 0 Å². The van der Waals surface area contributed by atoms with Gasteiger partial charge in [0.2, 0.25) is 0 Å². The predicted molar refractivity (Wildman–Crippen MR) is 318 cm³/mol. The van der Waals surface area contributed by atoms with Crippen molar-refractivity contribution in [3.05, 3.63) is 129 Å². The van der Waals surface area contributed by atoms with Crippen LogP contribution < -0.4 is 0 Å². The molecule has 6 heteroatoms. The van der Waals surface area contributed by atoms with E-state index < -0.39 is 0 Å². The van der Waals surface area contributed by atoms with Gasteiger partial charge in [0.05, 0.1) is 25.4 Å². The molecule has 0 amide bonds. The second kappa shape index (κ2) is 40.1. The Morgan fingerprint density at radius 1 is 0.351 bits per heavy atom. The van der Waals surface area contributed by atoms with E-state index in [4.69, 9.17) is 18.9 Å². The van der Waals surface area contributed by atoms with Crippen LogP contribution in [0, 0.1) is 94.6 Å². The van der Waals surface area contributed by atoms with Gasteiger partial charge in [-0.25, -0.2) is 8.78 Å². The SMILES string of the molecule is CC1=CCC(C)CC1.CC1=CCC(C)CC1.CC1CCC(C)CC1.CC1CCC(C)OC1.CC1CCC(C)OC1.CC1COC(C)OC1.Cc1ccc(C)c(F)c1.Cc1ccc(C)c(F)c1.Cc1ccc(C)cc1.[HH]. The van der Waals surface area contributed by atoms with E-state index in [-0.39, 0.29) is 19.4 Å². The number of rotatable bonds is 0. The molecule has 6 unspecified atom stereocenters. The van der Waals surface area contributed by atoms with E-state index >= 15 is 0 Å². The van der Waals surface area contributed by atoms with Gasteiger partial charge >= 0.3 is 0 Å². The lowest BCUT2D eigenvalue weighted by Gasteiger charge is -2.24. The normalized spacial score (nSPS) is 27.0. The van der Waals surface area contributed by atoms with Crippen molar-refractivity contribution >= 4 is 0 Å². The number of ether oxygens (including phenoxy) is 4. The van der Waals surface area contributed by atoms with Gasteiger partial charge in [-0.2, -0.15) is 0 Å². The highest BCUT2D eigenvalue weighted by atomic mass is 19.1. The maximum atomic E-state index is 12.6. The first-order valence-electron chi connectivity index (χ1n) is 29.2. The molecule has 3 aliphatic carbocycles. The van der Waals surface area contributed by atoms with E-state index in [9.17, 15) is 8.78 Å². The van der Waals surface area contributed by atoms with Crippen molar-refractivity contribution < 1.29 is 29.2 Å². The first-order chi connectivity index (χ1) is 34.9. The molecule has 9 rings (SSSR count). The minimum atomic E-state index is -0.116. The Morgan fingerprint density at radius 2 is 0.662 bits per heavy atom. The Hall–Kier alpha value is -3.16. The van der Waals surface area contributed by atoms with Gasteiger partial charge in [-0.3, -0.25) is 0 Å². The molecule has 6 atom stereocenters. The monoisotopic (exact) mass is 1030 g/mol. The van der Waals surface area contributed by atoms with Gasteiger partial charge in [0.15, 0.2) is 6.29 Å². The van der Waals surface area contributed by atoms with Crippen LogP contribution in [0.2, 0.25) is 0 Å². The average Bonchev–Trinajstić information content (AvgIpc) is 3.37. The van der Waals surface area contributed by atoms with Crippen molar-refractivity contribution in [2.45, 2.75) is 233 Å². The summed E-state index contributed by atoms with van der Waals surface area (Å²) >= 11 is 0. The molecule has 3 aromatic carbocycles. The summed E-state index contributed by atoms with van der Waals surface area (Å²) in [6, 6.07) is 18.9. The summed E-state index contributed by atoms with van der Waals surface area (Å²) < 4.78 is 46.3. The van der Waals surface area contributed by atoms with E-state index in [0.29, 0.717) is 29.3 Å². The van der Waals surface area contributed by atoms with Gasteiger partial charge in [-0.15, -0.1) is 0 Å². The highest BCUT2D eigenvalue weighted by molar-refractivity contribution is 5.23. The smallest absolute Gasteiger partial charge is 0.154 e. The Balaban J connectivity index is 0.000000820. The molecule has 3 heterocycles. The van der Waals surface area contributed by atoms with E-state index in [1.807, 2.05) is 32.9 Å². The molecule has 0 spiro atoms. The number of allylic oxidation sites excluding steroid dienone is 4. The van der Waals surface area contributed by atoms with Crippen LogP contribution in [-0.2, 0) is 18.9 Å². The maximum Gasteiger partial charge on any atom is 0.154 e. The van der Waals surface area contributed by atoms with Crippen molar-refractivity contribution in [1.29, 1.82) is 0 Å². The predicted octanol–water partition coefficient (Wildman–Crippen LogP) is 20.4. The molecule has 0 bridgehead atoms. The molecule has 0 aromatic heterocycles. The largest absolute Gasteiger partial charge is 0.378 e. The standard InChI is InChI=1S/2C8H9F.C8H16.2C8H14.C8H10.2C7H14O.C6H12O2.H2/c2*1-6-3-4-7(2)8(9)5-6;4*1-7-3-5-8(2)6-4-7;2*1-6-3-4-7(2)8-5-6;1-5-3-7-6(2)8-4-5;/h2*3-5H,1-2H3;7-8H,3-6H2,1-2H3;2*3,8H,4-6H2,1-2H3;3-6H,1-2H3;2*6-7H,3-5H2,1-2H3;5-6H,3-4H2,1-2H3;1H. The lowest BCUT2D eigenvalue weighted by molar-refractivity contribution is -0.187. The molecule has 0 N–H and O–H groups in total. The zero-order valence-corrected chi connectivity index (χ0v) is 50.8. The zero-order chi connectivity index (χ0) is 55.6. The third-order valence-electron chi connectivity index (χ3n) is 14.7. The van der Waals surface area contributed by atoms with Crippen LogP contribution in [0.15, 0.2) is 84.0 Å². The summed E-state index contributed by atoms with van der Waals surface area (Å²) in [5.74, 6) is 5.86. The molecule has 0 radical (unpaired) electrons. The Labute approximate surface area is 457 Å². The van der Waals surface area contributed by atoms with Crippen molar-refractivity contribution in [3.8, 4) is 0 Å². The van der Waals surface area contributed by atoms with Gasteiger partial charge in [-0.05, 0) is 210 Å². The highest BCUT2D eigenvalue weighted by Crippen LogP contribution is 2.27. The number of hydrogen-bond donors (Lipinski definition) is 0. The van der Waals surface area contributed by atoms with Gasteiger partial charge < -0.3 is 18.9 Å². The number of halogens is 2. The van der Waals surface area contributed by atoms with Crippen molar-refractivity contribution in [3.63, 3.8) is 0 Å². The van der Waals surface area contributed by atoms with Crippen LogP contribution in [0.4, 0.5) is 8.78 Å². The van der Waals surface area contributed by atoms with Crippen LogP contribution in [0.3, 0.4) is 0 Å². The number of benzene rings is 3. The van der Waals surface area contributed by atoms with E-state index in [2.05, 4.69) is 126 Å². The topological polar surface area (TPSA) is 36.9 Å². The van der Waals surface area contributed by atoms with Crippen LogP contribution in [0.1, 0.15) is 208 Å². The van der Waals surface area contributed by atoms with Crippen molar-refractivity contribution in [2.24, 2.45) is 41.4 Å². The molecular weight excluding hydrogens is 919 g/mol. The third-order valence-corrected chi connectivity index (χ3v) is 14.7. The van der Waals surface area contributed by atoms with Gasteiger partial charge in [0, 0.05) is 20.6 Å². The molecule has 3 aliphatic heterocycles. The first-order valence-corrected chi connectivity index (χ1v) is 29.2. The Morgan fingerprint density at radius 3 is 0.892 bits per heavy atom. The van der Waals surface area contributed by atoms with Crippen LogP contribution in [0.5, 0.6) is 0 Å². The molecule has 74 heavy (non-hydrogen) atoms. The number of hydrogen-bond acceptors (Lipinski definition) is 4. The quantitative estimate of drug-likeness (QED) is 0.210. The summed E-state index contributed by atoms with van der Waals surface area (Å²) in [5.41, 5.74) is 9.19. The van der Waals surface area contributed by atoms with E-state index in [1.165, 1.54) is 113 Å². The fourth-order valence-electron chi connectivity index (χ4n) is 8.38. The summed E-state index contributed by atoms with van der Waals surface area (Å²) in [5, 5.41) is 0. The maximum absolute atomic E-state index is 12.6. The summed E-state index contributed by atoms with van der Waals surface area (Å²) in [7, 11) is 0. The third kappa shape index (κ3) is 36.8.